The van der Waals surface area contributed by atoms with Crippen LogP contribution in [0, 0.1) is 5.92 Å². The number of amides is 1. The third kappa shape index (κ3) is 3.96. The van der Waals surface area contributed by atoms with Crippen molar-refractivity contribution >= 4 is 5.91 Å². The van der Waals surface area contributed by atoms with E-state index in [2.05, 4.69) is 31.0 Å². The van der Waals surface area contributed by atoms with Gasteiger partial charge in [-0.25, -0.2) is 0 Å². The molecule has 1 saturated heterocycles. The Labute approximate surface area is 105 Å². The molecule has 0 bridgehead atoms. The molecular formula is C13H27N3O. The Kier molecular flexibility index (Phi) is 5.40. The Hall–Kier alpha value is -0.610. The number of rotatable bonds is 6. The zero-order valence-electron chi connectivity index (χ0n) is 11.9. The highest BCUT2D eigenvalue weighted by atomic mass is 16.2. The number of carbonyl (C=O) groups is 1. The van der Waals surface area contributed by atoms with Crippen molar-refractivity contribution in [3.8, 4) is 0 Å². The topological polar surface area (TPSA) is 35.6 Å². The molecule has 2 unspecified atom stereocenters. The van der Waals surface area contributed by atoms with E-state index in [-0.39, 0.29) is 18.1 Å². The van der Waals surface area contributed by atoms with E-state index in [1.165, 1.54) is 0 Å². The Morgan fingerprint density at radius 2 is 2.06 bits per heavy atom. The molecule has 0 spiro atoms. The summed E-state index contributed by atoms with van der Waals surface area (Å²) in [6, 6.07) is 0.0286. The molecule has 1 heterocycles. The number of hydrogen-bond acceptors (Lipinski definition) is 3. The highest BCUT2D eigenvalue weighted by Crippen LogP contribution is 2.18. The average Bonchev–Trinajstić information content (AvgIpc) is 2.51. The van der Waals surface area contributed by atoms with Gasteiger partial charge in [0.15, 0.2) is 0 Å². The van der Waals surface area contributed by atoms with Gasteiger partial charge in [0.05, 0.1) is 12.2 Å². The lowest BCUT2D eigenvalue weighted by Gasteiger charge is -2.26. The third-order valence-corrected chi connectivity index (χ3v) is 3.24. The fourth-order valence-electron chi connectivity index (χ4n) is 2.26. The summed E-state index contributed by atoms with van der Waals surface area (Å²) in [6.07, 6.45) is 2.15. The molecule has 0 aromatic heterocycles. The summed E-state index contributed by atoms with van der Waals surface area (Å²) in [6.45, 7) is 8.23. The van der Waals surface area contributed by atoms with Crippen molar-refractivity contribution in [2.75, 3.05) is 27.2 Å². The van der Waals surface area contributed by atoms with Crippen LogP contribution in [0.15, 0.2) is 0 Å². The molecule has 17 heavy (non-hydrogen) atoms. The van der Waals surface area contributed by atoms with Gasteiger partial charge in [-0.1, -0.05) is 20.8 Å². The van der Waals surface area contributed by atoms with Crippen LogP contribution in [0.3, 0.4) is 0 Å². The molecule has 0 aromatic carbocycles. The third-order valence-electron chi connectivity index (χ3n) is 3.24. The Balaban J connectivity index is 2.62. The van der Waals surface area contributed by atoms with E-state index in [9.17, 15) is 4.79 Å². The highest BCUT2D eigenvalue weighted by Gasteiger charge is 2.37. The molecule has 100 valence electrons. The molecule has 4 nitrogen and oxygen atoms in total. The first-order valence-corrected chi connectivity index (χ1v) is 6.67. The fourth-order valence-corrected chi connectivity index (χ4v) is 2.26. The molecule has 1 aliphatic rings. The maximum absolute atomic E-state index is 12.2. The van der Waals surface area contributed by atoms with Crippen LogP contribution < -0.4 is 5.32 Å². The predicted octanol–water partition coefficient (Wildman–Crippen LogP) is 1.13. The smallest absolute Gasteiger partial charge is 0.241 e. The summed E-state index contributed by atoms with van der Waals surface area (Å²) >= 11 is 0. The Morgan fingerprint density at radius 1 is 1.41 bits per heavy atom. The van der Waals surface area contributed by atoms with Crippen LogP contribution in [0.5, 0.6) is 0 Å². The lowest BCUT2D eigenvalue weighted by atomic mass is 10.1. The van der Waals surface area contributed by atoms with E-state index < -0.39 is 0 Å². The molecule has 4 heteroatoms. The summed E-state index contributed by atoms with van der Waals surface area (Å²) in [5.74, 6) is 0.887. The van der Waals surface area contributed by atoms with Crippen LogP contribution in [0.25, 0.3) is 0 Å². The molecule has 0 aliphatic carbocycles. The minimum atomic E-state index is 0.0286. The second-order valence-corrected chi connectivity index (χ2v) is 5.61. The summed E-state index contributed by atoms with van der Waals surface area (Å²) in [5.41, 5.74) is 0. The van der Waals surface area contributed by atoms with Gasteiger partial charge < -0.3 is 9.80 Å². The molecule has 1 rings (SSSR count). The van der Waals surface area contributed by atoms with E-state index in [0.717, 1.165) is 25.9 Å². The molecule has 0 aromatic rings. The maximum Gasteiger partial charge on any atom is 0.241 e. The summed E-state index contributed by atoms with van der Waals surface area (Å²) in [5, 5.41) is 3.45. The largest absolute Gasteiger partial charge is 0.325 e. The molecule has 2 atom stereocenters. The quantitative estimate of drug-likeness (QED) is 0.757. The molecule has 1 N–H and O–H groups in total. The number of nitrogens with one attached hydrogen (secondary N) is 1. The second kappa shape index (κ2) is 6.36. The molecule has 0 radical (unpaired) electrons. The number of nitrogens with zero attached hydrogens (tertiary/aromatic N) is 2. The van der Waals surface area contributed by atoms with Crippen LogP contribution in [0.4, 0.5) is 0 Å². The second-order valence-electron chi connectivity index (χ2n) is 5.61. The molecule has 1 aliphatic heterocycles. The first kappa shape index (κ1) is 14.5. The van der Waals surface area contributed by atoms with Gasteiger partial charge in [0, 0.05) is 13.1 Å². The van der Waals surface area contributed by atoms with Crippen molar-refractivity contribution in [2.24, 2.45) is 5.92 Å². The van der Waals surface area contributed by atoms with Crippen LogP contribution in [-0.4, -0.2) is 55.1 Å². The minimum absolute atomic E-state index is 0.0286. The normalized spacial score (nSPS) is 25.4. The van der Waals surface area contributed by atoms with E-state index in [1.807, 2.05) is 19.0 Å². The molecule has 0 saturated carbocycles. The average molecular weight is 241 g/mol. The Morgan fingerprint density at radius 3 is 2.53 bits per heavy atom. The van der Waals surface area contributed by atoms with Gasteiger partial charge in [0.25, 0.3) is 0 Å². The summed E-state index contributed by atoms with van der Waals surface area (Å²) in [4.78, 5) is 16.3. The highest BCUT2D eigenvalue weighted by molar-refractivity contribution is 5.84. The van der Waals surface area contributed by atoms with Gasteiger partial charge in [-0.15, -0.1) is 0 Å². The van der Waals surface area contributed by atoms with Gasteiger partial charge in [0.1, 0.15) is 0 Å². The van der Waals surface area contributed by atoms with Gasteiger partial charge in [-0.05, 0) is 32.9 Å². The van der Waals surface area contributed by atoms with Crippen molar-refractivity contribution in [1.29, 1.82) is 0 Å². The minimum Gasteiger partial charge on any atom is -0.325 e. The Bertz CT molecular complexity index is 253. The maximum atomic E-state index is 12.2. The van der Waals surface area contributed by atoms with E-state index >= 15 is 0 Å². The van der Waals surface area contributed by atoms with Gasteiger partial charge >= 0.3 is 0 Å². The van der Waals surface area contributed by atoms with Crippen LogP contribution in [0.1, 0.15) is 33.6 Å². The van der Waals surface area contributed by atoms with Gasteiger partial charge in [0.2, 0.25) is 5.91 Å². The number of likely N-dealkylation sites (N-methyl/N-ethyl adjacent to an activating group) is 1. The van der Waals surface area contributed by atoms with E-state index in [4.69, 9.17) is 0 Å². The predicted molar refractivity (Wildman–Crippen MR) is 70.7 cm³/mol. The van der Waals surface area contributed by atoms with Gasteiger partial charge in [-0.3, -0.25) is 10.1 Å². The van der Waals surface area contributed by atoms with Crippen LogP contribution in [-0.2, 0) is 4.79 Å². The van der Waals surface area contributed by atoms with Crippen LogP contribution in [0.2, 0.25) is 0 Å². The van der Waals surface area contributed by atoms with E-state index in [1.54, 1.807) is 0 Å². The standard InChI is InChI=1S/C13H27N3O/c1-6-11-13(17)16(8-7-15(4)5)12(14-11)9-10(2)3/h10-12,14H,6-9H2,1-5H3. The zero-order chi connectivity index (χ0) is 13.0. The monoisotopic (exact) mass is 241 g/mol. The number of hydrogen-bond donors (Lipinski definition) is 1. The lowest BCUT2D eigenvalue weighted by molar-refractivity contribution is -0.130. The van der Waals surface area contributed by atoms with Crippen molar-refractivity contribution in [2.45, 2.75) is 45.8 Å². The fraction of sp³-hybridized carbons (Fsp3) is 0.923. The van der Waals surface area contributed by atoms with Crippen molar-refractivity contribution < 1.29 is 4.79 Å². The van der Waals surface area contributed by atoms with Crippen molar-refractivity contribution in [3.05, 3.63) is 0 Å². The molecular weight excluding hydrogens is 214 g/mol. The molecule has 1 fully saturated rings. The van der Waals surface area contributed by atoms with Crippen LogP contribution >= 0.6 is 0 Å². The van der Waals surface area contributed by atoms with Crippen molar-refractivity contribution in [3.63, 3.8) is 0 Å². The number of carbonyl (C=O) groups excluding carboxylic acids is 1. The van der Waals surface area contributed by atoms with E-state index in [0.29, 0.717) is 5.92 Å². The summed E-state index contributed by atoms with van der Waals surface area (Å²) < 4.78 is 0. The van der Waals surface area contributed by atoms with Crippen molar-refractivity contribution in [1.82, 2.24) is 15.1 Å². The first-order valence-electron chi connectivity index (χ1n) is 6.67. The lowest BCUT2D eigenvalue weighted by Crippen LogP contribution is -2.41. The zero-order valence-corrected chi connectivity index (χ0v) is 11.9. The summed E-state index contributed by atoms with van der Waals surface area (Å²) in [7, 11) is 4.09. The molecule has 1 amide bonds. The SMILES string of the molecule is CCC1NC(CC(C)C)N(CCN(C)C)C1=O. The van der Waals surface area contributed by atoms with Gasteiger partial charge in [-0.2, -0.15) is 0 Å². The first-order chi connectivity index (χ1) is 7.95.